The van der Waals surface area contributed by atoms with Crippen molar-refractivity contribution in [2.45, 2.75) is 39.8 Å². The Morgan fingerprint density at radius 3 is 2.60 bits per heavy atom. The highest BCUT2D eigenvalue weighted by molar-refractivity contribution is 9.10. The number of nitro groups is 1. The van der Waals surface area contributed by atoms with Crippen molar-refractivity contribution < 1.29 is 23.6 Å². The fraction of sp³-hybridized carbons (Fsp3) is 0.233. The van der Waals surface area contributed by atoms with Crippen molar-refractivity contribution in [3.05, 3.63) is 111 Å². The molecule has 3 heterocycles. The molecule has 0 saturated carbocycles. The fourth-order valence-electron chi connectivity index (χ4n) is 4.63. The second-order valence-electron chi connectivity index (χ2n) is 9.66. The first-order valence-electron chi connectivity index (χ1n) is 13.1. The predicted molar refractivity (Wildman–Crippen MR) is 161 cm³/mol. The normalized spacial score (nSPS) is 15.0. The highest BCUT2D eigenvalue weighted by Crippen LogP contribution is 2.34. The summed E-state index contributed by atoms with van der Waals surface area (Å²) in [6.45, 7) is 7.50. The van der Waals surface area contributed by atoms with E-state index in [0.717, 1.165) is 0 Å². The smallest absolute Gasteiger partial charge is 0.338 e. The molecule has 5 rings (SSSR count). The number of carbonyl (C=O) groups is 1. The standard InChI is InChI=1S/C30H26BrN3O7S/c1-5-39-29(36)26-17(4)32-30-33(27(26)18-6-9-20(10-7-18)40-16(2)3)28(35)25(42-30)15-21-11-13-24(41-21)22-12-8-19(34(37)38)14-23(22)31/h6-16,27H,5H2,1-4H3/b25-15-/t27-/m0/s1. The molecule has 4 aromatic rings. The third-order valence-corrected chi connectivity index (χ3v) is 8.05. The van der Waals surface area contributed by atoms with Crippen molar-refractivity contribution >= 4 is 45.0 Å². The molecule has 0 N–H and O–H groups in total. The van der Waals surface area contributed by atoms with Crippen molar-refractivity contribution in [2.75, 3.05) is 6.61 Å². The largest absolute Gasteiger partial charge is 0.491 e. The van der Waals surface area contributed by atoms with Gasteiger partial charge in [0, 0.05) is 28.2 Å². The number of benzene rings is 2. The van der Waals surface area contributed by atoms with Gasteiger partial charge in [0.25, 0.3) is 11.2 Å². The Labute approximate surface area is 252 Å². The molecule has 0 radical (unpaired) electrons. The molecule has 1 aliphatic heterocycles. The average Bonchev–Trinajstić information content (AvgIpc) is 3.52. The van der Waals surface area contributed by atoms with Crippen molar-refractivity contribution in [1.82, 2.24) is 4.57 Å². The predicted octanol–water partition coefficient (Wildman–Crippen LogP) is 5.52. The fourth-order valence-corrected chi connectivity index (χ4v) is 6.22. The van der Waals surface area contributed by atoms with E-state index in [0.29, 0.717) is 47.9 Å². The second kappa shape index (κ2) is 11.9. The van der Waals surface area contributed by atoms with E-state index < -0.39 is 16.9 Å². The number of allylic oxidation sites excluding steroid dienone is 1. The Morgan fingerprint density at radius 2 is 1.95 bits per heavy atom. The number of nitro benzene ring substituents is 1. The van der Waals surface area contributed by atoms with Gasteiger partial charge in [-0.2, -0.15) is 0 Å². The number of rotatable bonds is 8. The maximum atomic E-state index is 13.8. The van der Waals surface area contributed by atoms with E-state index in [1.165, 1.54) is 28.0 Å². The van der Waals surface area contributed by atoms with Crippen LogP contribution in [0.2, 0.25) is 0 Å². The van der Waals surface area contributed by atoms with E-state index in [4.69, 9.17) is 13.9 Å². The summed E-state index contributed by atoms with van der Waals surface area (Å²) in [5, 5.41) is 11.1. The molecular formula is C30H26BrN3O7S. The van der Waals surface area contributed by atoms with Gasteiger partial charge in [0.1, 0.15) is 17.3 Å². The molecule has 216 valence electrons. The molecule has 0 amide bonds. The van der Waals surface area contributed by atoms with Crippen LogP contribution >= 0.6 is 27.3 Å². The van der Waals surface area contributed by atoms with Crippen LogP contribution in [0.5, 0.6) is 5.75 Å². The maximum Gasteiger partial charge on any atom is 0.338 e. The number of non-ortho nitro benzene ring substituents is 1. The summed E-state index contributed by atoms with van der Waals surface area (Å²) in [7, 11) is 0. The van der Waals surface area contributed by atoms with Gasteiger partial charge in [-0.1, -0.05) is 23.5 Å². The minimum absolute atomic E-state index is 0.00519. The third kappa shape index (κ3) is 5.72. The number of aromatic nitrogens is 1. The first-order valence-corrected chi connectivity index (χ1v) is 14.7. The van der Waals surface area contributed by atoms with E-state index in [1.54, 1.807) is 38.1 Å². The molecule has 10 nitrogen and oxygen atoms in total. The number of nitrogens with zero attached hydrogens (tertiary/aromatic N) is 3. The van der Waals surface area contributed by atoms with Crippen molar-refractivity contribution in [3.63, 3.8) is 0 Å². The number of esters is 1. The first-order chi connectivity index (χ1) is 20.1. The molecule has 0 unspecified atom stereocenters. The zero-order chi connectivity index (χ0) is 30.1. The third-order valence-electron chi connectivity index (χ3n) is 6.41. The number of furan rings is 1. The number of hydrogen-bond donors (Lipinski definition) is 0. The summed E-state index contributed by atoms with van der Waals surface area (Å²) < 4.78 is 19.5. The average molecular weight is 653 g/mol. The van der Waals surface area contributed by atoms with E-state index >= 15 is 0 Å². The Morgan fingerprint density at radius 1 is 1.21 bits per heavy atom. The van der Waals surface area contributed by atoms with E-state index in [9.17, 15) is 19.7 Å². The van der Waals surface area contributed by atoms with Crippen LogP contribution in [0.25, 0.3) is 17.4 Å². The molecule has 2 aromatic heterocycles. The Hall–Kier alpha value is -4.29. The summed E-state index contributed by atoms with van der Waals surface area (Å²) in [6, 6.07) is 14.4. The molecule has 0 bridgehead atoms. The van der Waals surface area contributed by atoms with Crippen LogP contribution in [0.4, 0.5) is 5.69 Å². The van der Waals surface area contributed by atoms with Gasteiger partial charge in [-0.15, -0.1) is 0 Å². The molecule has 12 heteroatoms. The maximum absolute atomic E-state index is 13.8. The molecule has 0 aliphatic carbocycles. The van der Waals surface area contributed by atoms with E-state index in [1.807, 2.05) is 38.1 Å². The van der Waals surface area contributed by atoms with Crippen LogP contribution < -0.4 is 19.6 Å². The van der Waals surface area contributed by atoms with Crippen LogP contribution in [-0.4, -0.2) is 28.2 Å². The number of hydrogen-bond acceptors (Lipinski definition) is 9. The molecule has 0 saturated heterocycles. The highest BCUT2D eigenvalue weighted by atomic mass is 79.9. The van der Waals surface area contributed by atoms with E-state index in [-0.39, 0.29) is 29.5 Å². The Bertz CT molecular complexity index is 1900. The quantitative estimate of drug-likeness (QED) is 0.140. The van der Waals surface area contributed by atoms with Gasteiger partial charge in [-0.05, 0) is 79.5 Å². The lowest BCUT2D eigenvalue weighted by Crippen LogP contribution is -2.39. The highest BCUT2D eigenvalue weighted by Gasteiger charge is 2.33. The minimum atomic E-state index is -0.751. The summed E-state index contributed by atoms with van der Waals surface area (Å²) in [5.41, 5.74) is 1.71. The lowest BCUT2D eigenvalue weighted by Gasteiger charge is -2.25. The molecule has 1 aliphatic rings. The van der Waals surface area contributed by atoms with Crippen LogP contribution in [0.15, 0.2) is 84.5 Å². The van der Waals surface area contributed by atoms with Gasteiger partial charge in [0.05, 0.1) is 39.5 Å². The first kappa shape index (κ1) is 29.2. The van der Waals surface area contributed by atoms with Crippen LogP contribution in [0.3, 0.4) is 0 Å². The SMILES string of the molecule is CCOC(=O)C1=C(C)N=c2s/c(=C\c3ccc(-c4ccc([N+](=O)[O-])cc4Br)o3)c(=O)n2[C@H]1c1ccc(OC(C)C)cc1. The summed E-state index contributed by atoms with van der Waals surface area (Å²) in [6.07, 6.45) is 1.61. The van der Waals surface area contributed by atoms with Gasteiger partial charge < -0.3 is 13.9 Å². The summed E-state index contributed by atoms with van der Waals surface area (Å²) >= 11 is 4.55. The van der Waals surface area contributed by atoms with Crippen LogP contribution in [0.1, 0.15) is 45.1 Å². The second-order valence-corrected chi connectivity index (χ2v) is 11.5. The van der Waals surface area contributed by atoms with Gasteiger partial charge in [0.15, 0.2) is 4.80 Å². The molecule has 1 atom stereocenters. The topological polar surface area (TPSA) is 126 Å². The van der Waals surface area contributed by atoms with Crippen LogP contribution in [-0.2, 0) is 9.53 Å². The summed E-state index contributed by atoms with van der Waals surface area (Å²) in [5.74, 6) is 1.02. The van der Waals surface area contributed by atoms with Crippen molar-refractivity contribution in [1.29, 1.82) is 0 Å². The zero-order valence-corrected chi connectivity index (χ0v) is 25.5. The van der Waals surface area contributed by atoms with E-state index in [2.05, 4.69) is 20.9 Å². The van der Waals surface area contributed by atoms with Crippen LogP contribution in [0, 0.1) is 10.1 Å². The van der Waals surface area contributed by atoms with Gasteiger partial charge in [0.2, 0.25) is 0 Å². The number of thiazole rings is 1. The van der Waals surface area contributed by atoms with Gasteiger partial charge in [-0.25, -0.2) is 9.79 Å². The lowest BCUT2D eigenvalue weighted by atomic mass is 9.96. The number of ether oxygens (including phenoxy) is 2. The Balaban J connectivity index is 1.59. The van der Waals surface area contributed by atoms with Crippen molar-refractivity contribution in [2.24, 2.45) is 4.99 Å². The molecule has 0 spiro atoms. The molecule has 2 aromatic carbocycles. The monoisotopic (exact) mass is 651 g/mol. The summed E-state index contributed by atoms with van der Waals surface area (Å²) in [4.78, 5) is 42.6. The minimum Gasteiger partial charge on any atom is -0.491 e. The van der Waals surface area contributed by atoms with Gasteiger partial charge in [-0.3, -0.25) is 19.5 Å². The lowest BCUT2D eigenvalue weighted by molar-refractivity contribution is -0.384. The Kier molecular flexibility index (Phi) is 8.28. The van der Waals surface area contributed by atoms with Crippen molar-refractivity contribution in [3.8, 4) is 17.1 Å². The number of fused-ring (bicyclic) bond motifs is 1. The molecular weight excluding hydrogens is 626 g/mol. The number of carbonyl (C=O) groups excluding carboxylic acids is 1. The molecule has 0 fully saturated rings. The zero-order valence-electron chi connectivity index (χ0n) is 23.1. The van der Waals surface area contributed by atoms with Gasteiger partial charge >= 0.3 is 5.97 Å². The number of halogens is 1. The molecule has 42 heavy (non-hydrogen) atoms.